The summed E-state index contributed by atoms with van der Waals surface area (Å²) in [4.78, 5) is 0. The summed E-state index contributed by atoms with van der Waals surface area (Å²) in [5.41, 5.74) is 2.61. The molecular formula is C10H17NO. The number of nitrogens with zero attached hydrogens (tertiary/aromatic N) is 1. The molecule has 0 fully saturated rings. The molecule has 0 radical (unpaired) electrons. The van der Waals surface area contributed by atoms with Gasteiger partial charge in [-0.05, 0) is 32.9 Å². The van der Waals surface area contributed by atoms with E-state index in [1.54, 1.807) is 7.11 Å². The Hall–Kier alpha value is -0.760. The normalized spacial score (nSPS) is 13.3. The number of methoxy groups -OCH3 is 1. The minimum atomic E-state index is 0.435. The standard InChI is InChI=1S/C10H17NO/c1-8-5-6-9(2)11(8)10(3)7-12-4/h5-6,10H,7H2,1-4H3. The van der Waals surface area contributed by atoms with Crippen molar-refractivity contribution in [2.75, 3.05) is 13.7 Å². The second kappa shape index (κ2) is 3.76. The van der Waals surface area contributed by atoms with Gasteiger partial charge in [-0.15, -0.1) is 0 Å². The molecule has 0 spiro atoms. The second-order valence-corrected chi connectivity index (χ2v) is 3.29. The lowest BCUT2D eigenvalue weighted by Crippen LogP contribution is -2.13. The first-order valence-electron chi connectivity index (χ1n) is 4.30. The van der Waals surface area contributed by atoms with Crippen molar-refractivity contribution < 1.29 is 4.74 Å². The Balaban J connectivity index is 2.85. The summed E-state index contributed by atoms with van der Waals surface area (Å²) in [6.07, 6.45) is 0. The third kappa shape index (κ3) is 1.69. The highest BCUT2D eigenvalue weighted by molar-refractivity contribution is 5.14. The molecule has 1 heterocycles. The van der Waals surface area contributed by atoms with Gasteiger partial charge in [0, 0.05) is 18.5 Å². The third-order valence-corrected chi connectivity index (χ3v) is 2.17. The zero-order valence-electron chi connectivity index (χ0n) is 8.29. The second-order valence-electron chi connectivity index (χ2n) is 3.29. The van der Waals surface area contributed by atoms with E-state index >= 15 is 0 Å². The zero-order chi connectivity index (χ0) is 9.14. The summed E-state index contributed by atoms with van der Waals surface area (Å²) in [5.74, 6) is 0. The van der Waals surface area contributed by atoms with Crippen LogP contribution in [-0.4, -0.2) is 18.3 Å². The van der Waals surface area contributed by atoms with Crippen LogP contribution in [0, 0.1) is 13.8 Å². The molecule has 68 valence electrons. The molecule has 0 saturated carbocycles. The molecule has 1 unspecified atom stereocenters. The zero-order valence-corrected chi connectivity index (χ0v) is 8.29. The van der Waals surface area contributed by atoms with E-state index in [1.807, 2.05) is 0 Å². The third-order valence-electron chi connectivity index (χ3n) is 2.17. The summed E-state index contributed by atoms with van der Waals surface area (Å²) in [6, 6.07) is 4.72. The van der Waals surface area contributed by atoms with E-state index in [9.17, 15) is 0 Å². The Morgan fingerprint density at radius 2 is 1.83 bits per heavy atom. The minimum absolute atomic E-state index is 0.435. The predicted octanol–water partition coefficient (Wildman–Crippen LogP) is 2.31. The highest BCUT2D eigenvalue weighted by Gasteiger charge is 2.07. The molecule has 1 atom stereocenters. The van der Waals surface area contributed by atoms with Gasteiger partial charge >= 0.3 is 0 Å². The molecule has 0 amide bonds. The molecule has 0 N–H and O–H groups in total. The average molecular weight is 167 g/mol. The van der Waals surface area contributed by atoms with Crippen molar-refractivity contribution >= 4 is 0 Å². The fraction of sp³-hybridized carbons (Fsp3) is 0.600. The molecule has 2 nitrogen and oxygen atoms in total. The maximum atomic E-state index is 5.12. The summed E-state index contributed by atoms with van der Waals surface area (Å²) < 4.78 is 7.41. The molecule has 0 saturated heterocycles. The van der Waals surface area contributed by atoms with Gasteiger partial charge in [-0.25, -0.2) is 0 Å². The van der Waals surface area contributed by atoms with Crippen LogP contribution in [0.2, 0.25) is 0 Å². The van der Waals surface area contributed by atoms with E-state index in [1.165, 1.54) is 11.4 Å². The van der Waals surface area contributed by atoms with Crippen molar-refractivity contribution in [3.05, 3.63) is 23.5 Å². The van der Waals surface area contributed by atoms with E-state index in [0.717, 1.165) is 6.61 Å². The first kappa shape index (κ1) is 9.33. The van der Waals surface area contributed by atoms with E-state index in [4.69, 9.17) is 4.74 Å². The van der Waals surface area contributed by atoms with Gasteiger partial charge < -0.3 is 9.30 Å². The van der Waals surface area contributed by atoms with Gasteiger partial charge in [-0.1, -0.05) is 0 Å². The first-order valence-corrected chi connectivity index (χ1v) is 4.30. The van der Waals surface area contributed by atoms with Gasteiger partial charge in [0.25, 0.3) is 0 Å². The summed E-state index contributed by atoms with van der Waals surface area (Å²) in [5, 5.41) is 0. The molecule has 2 heteroatoms. The topological polar surface area (TPSA) is 14.2 Å². The van der Waals surface area contributed by atoms with Crippen LogP contribution in [0.5, 0.6) is 0 Å². The fourth-order valence-corrected chi connectivity index (χ4v) is 1.69. The van der Waals surface area contributed by atoms with Crippen LogP contribution in [-0.2, 0) is 4.74 Å². The number of rotatable bonds is 3. The number of ether oxygens (including phenoxy) is 1. The molecule has 0 aliphatic carbocycles. The summed E-state index contributed by atoms with van der Waals surface area (Å²) >= 11 is 0. The lowest BCUT2D eigenvalue weighted by molar-refractivity contribution is 0.161. The van der Waals surface area contributed by atoms with Gasteiger partial charge in [0.2, 0.25) is 0 Å². The van der Waals surface area contributed by atoms with Gasteiger partial charge in [-0.2, -0.15) is 0 Å². The van der Waals surface area contributed by atoms with Crippen LogP contribution in [0.15, 0.2) is 12.1 Å². The van der Waals surface area contributed by atoms with Crippen molar-refractivity contribution in [2.24, 2.45) is 0 Å². The molecule has 0 aliphatic rings. The van der Waals surface area contributed by atoms with Crippen molar-refractivity contribution in [3.8, 4) is 0 Å². The predicted molar refractivity (Wildman–Crippen MR) is 50.5 cm³/mol. The molecular weight excluding hydrogens is 150 g/mol. The minimum Gasteiger partial charge on any atom is -0.383 e. The van der Waals surface area contributed by atoms with Crippen LogP contribution in [0.3, 0.4) is 0 Å². The van der Waals surface area contributed by atoms with Gasteiger partial charge in [0.15, 0.2) is 0 Å². The molecule has 0 aliphatic heterocycles. The highest BCUT2D eigenvalue weighted by atomic mass is 16.5. The van der Waals surface area contributed by atoms with Gasteiger partial charge in [-0.3, -0.25) is 0 Å². The molecule has 0 bridgehead atoms. The number of aryl methyl sites for hydroxylation is 2. The Labute approximate surface area is 74.2 Å². The SMILES string of the molecule is COCC(C)n1c(C)ccc1C. The number of aromatic nitrogens is 1. The van der Waals surface area contributed by atoms with Crippen LogP contribution >= 0.6 is 0 Å². The first-order chi connectivity index (χ1) is 5.66. The van der Waals surface area contributed by atoms with Crippen molar-refractivity contribution in [3.63, 3.8) is 0 Å². The van der Waals surface area contributed by atoms with E-state index in [-0.39, 0.29) is 0 Å². The molecule has 1 aromatic heterocycles. The fourth-order valence-electron chi connectivity index (χ4n) is 1.69. The average Bonchev–Trinajstić information content (AvgIpc) is 2.32. The quantitative estimate of drug-likeness (QED) is 0.673. The van der Waals surface area contributed by atoms with E-state index < -0.39 is 0 Å². The van der Waals surface area contributed by atoms with Crippen molar-refractivity contribution in [1.29, 1.82) is 0 Å². The molecule has 1 aromatic rings. The summed E-state index contributed by atoms with van der Waals surface area (Å²) in [7, 11) is 1.74. The van der Waals surface area contributed by atoms with Crippen molar-refractivity contribution in [1.82, 2.24) is 4.57 Å². The van der Waals surface area contributed by atoms with Crippen molar-refractivity contribution in [2.45, 2.75) is 26.8 Å². The number of hydrogen-bond acceptors (Lipinski definition) is 1. The largest absolute Gasteiger partial charge is 0.383 e. The van der Waals surface area contributed by atoms with Crippen LogP contribution < -0.4 is 0 Å². The Kier molecular flexibility index (Phi) is 2.93. The van der Waals surface area contributed by atoms with Crippen LogP contribution in [0.4, 0.5) is 0 Å². The maximum Gasteiger partial charge on any atom is 0.0667 e. The summed E-state index contributed by atoms with van der Waals surface area (Å²) in [6.45, 7) is 7.19. The lowest BCUT2D eigenvalue weighted by Gasteiger charge is -2.17. The number of hydrogen-bond donors (Lipinski definition) is 0. The Morgan fingerprint density at radius 3 is 2.25 bits per heavy atom. The van der Waals surface area contributed by atoms with Crippen LogP contribution in [0.1, 0.15) is 24.4 Å². The molecule has 1 rings (SSSR count). The highest BCUT2D eigenvalue weighted by Crippen LogP contribution is 2.14. The smallest absolute Gasteiger partial charge is 0.0667 e. The van der Waals surface area contributed by atoms with E-state index in [0.29, 0.717) is 6.04 Å². The maximum absolute atomic E-state index is 5.12. The molecule has 0 aromatic carbocycles. The molecule has 12 heavy (non-hydrogen) atoms. The van der Waals surface area contributed by atoms with Gasteiger partial charge in [0.1, 0.15) is 0 Å². The Morgan fingerprint density at radius 1 is 1.33 bits per heavy atom. The van der Waals surface area contributed by atoms with Crippen LogP contribution in [0.25, 0.3) is 0 Å². The van der Waals surface area contributed by atoms with E-state index in [2.05, 4.69) is 37.5 Å². The van der Waals surface area contributed by atoms with Gasteiger partial charge in [0.05, 0.1) is 12.6 Å². The lowest BCUT2D eigenvalue weighted by atomic mass is 10.3. The Bertz CT molecular complexity index is 233. The monoisotopic (exact) mass is 167 g/mol.